The van der Waals surface area contributed by atoms with Gasteiger partial charge in [-0.1, -0.05) is 36.4 Å². The van der Waals surface area contributed by atoms with Crippen molar-refractivity contribution >= 4 is 11.9 Å². The summed E-state index contributed by atoms with van der Waals surface area (Å²) in [5, 5.41) is 0. The van der Waals surface area contributed by atoms with Crippen LogP contribution in [0.4, 0.5) is 0 Å². The van der Waals surface area contributed by atoms with Crippen LogP contribution in [0.5, 0.6) is 0 Å². The van der Waals surface area contributed by atoms with E-state index in [2.05, 4.69) is 0 Å². The number of benzene rings is 1. The number of allylic oxidation sites excluding steroid dienone is 1. The third kappa shape index (κ3) is 7.36. The van der Waals surface area contributed by atoms with Gasteiger partial charge in [-0.2, -0.15) is 0 Å². The smallest absolute Gasteiger partial charge is 0.330 e. The quantitative estimate of drug-likeness (QED) is 0.416. The molecule has 0 amide bonds. The highest BCUT2D eigenvalue weighted by Gasteiger charge is 2.02. The molecule has 20 heavy (non-hydrogen) atoms. The van der Waals surface area contributed by atoms with Crippen LogP contribution < -0.4 is 0 Å². The molecule has 1 aromatic rings. The lowest BCUT2D eigenvalue weighted by Gasteiger charge is -2.04. The lowest BCUT2D eigenvalue weighted by atomic mass is 10.2. The van der Waals surface area contributed by atoms with Gasteiger partial charge < -0.3 is 9.47 Å². The molecule has 0 radical (unpaired) electrons. The molecule has 0 spiro atoms. The maximum Gasteiger partial charge on any atom is 0.330 e. The molecule has 0 saturated heterocycles. The average Bonchev–Trinajstić information content (AvgIpc) is 2.46. The number of carbonyl (C=O) groups excluding carboxylic acids is 2. The fraction of sp³-hybridized carbons (Fsp3) is 0.375. The molecule has 0 aliphatic heterocycles. The van der Waals surface area contributed by atoms with E-state index in [1.807, 2.05) is 30.3 Å². The van der Waals surface area contributed by atoms with E-state index in [0.29, 0.717) is 32.5 Å². The minimum Gasteiger partial charge on any atom is -0.463 e. The first-order chi connectivity index (χ1) is 9.72. The van der Waals surface area contributed by atoms with Gasteiger partial charge in [-0.05, 0) is 25.3 Å². The predicted molar refractivity (Wildman–Crippen MR) is 75.9 cm³/mol. The molecular weight excluding hydrogens is 256 g/mol. The summed E-state index contributed by atoms with van der Waals surface area (Å²) < 4.78 is 9.88. The summed E-state index contributed by atoms with van der Waals surface area (Å²) in [5.41, 5.74) is 0.975. The normalized spacial score (nSPS) is 10.4. The molecule has 0 fully saturated rings. The van der Waals surface area contributed by atoms with Gasteiger partial charge in [0.1, 0.15) is 6.61 Å². The fourth-order valence-corrected chi connectivity index (χ4v) is 1.54. The van der Waals surface area contributed by atoms with Gasteiger partial charge in [-0.15, -0.1) is 0 Å². The molecule has 0 aliphatic rings. The van der Waals surface area contributed by atoms with E-state index in [-0.39, 0.29) is 11.9 Å². The zero-order valence-electron chi connectivity index (χ0n) is 11.7. The van der Waals surface area contributed by atoms with Crippen LogP contribution in [0.15, 0.2) is 42.5 Å². The third-order valence-corrected chi connectivity index (χ3v) is 2.53. The summed E-state index contributed by atoms with van der Waals surface area (Å²) in [7, 11) is 0. The minimum atomic E-state index is -0.348. The van der Waals surface area contributed by atoms with Crippen molar-refractivity contribution < 1.29 is 19.1 Å². The number of unbranched alkanes of at least 4 members (excludes halogenated alkanes) is 1. The molecule has 4 nitrogen and oxygen atoms in total. The van der Waals surface area contributed by atoms with E-state index >= 15 is 0 Å². The average molecular weight is 276 g/mol. The molecule has 0 atom stereocenters. The van der Waals surface area contributed by atoms with E-state index in [0.717, 1.165) is 5.56 Å². The Morgan fingerprint density at radius 2 is 1.90 bits per heavy atom. The Kier molecular flexibility index (Phi) is 7.80. The summed E-state index contributed by atoms with van der Waals surface area (Å²) in [6, 6.07) is 9.55. The number of rotatable bonds is 8. The van der Waals surface area contributed by atoms with Crippen LogP contribution in [0.2, 0.25) is 0 Å². The van der Waals surface area contributed by atoms with Crippen LogP contribution in [0.3, 0.4) is 0 Å². The first kappa shape index (κ1) is 16.0. The monoisotopic (exact) mass is 276 g/mol. The van der Waals surface area contributed by atoms with E-state index < -0.39 is 0 Å². The van der Waals surface area contributed by atoms with Crippen molar-refractivity contribution in [3.63, 3.8) is 0 Å². The van der Waals surface area contributed by atoms with Crippen LogP contribution in [0.25, 0.3) is 0 Å². The number of ether oxygens (including phenoxy) is 2. The van der Waals surface area contributed by atoms with Gasteiger partial charge in [0.05, 0.1) is 6.61 Å². The number of esters is 2. The van der Waals surface area contributed by atoms with Crippen LogP contribution >= 0.6 is 0 Å². The van der Waals surface area contributed by atoms with Crippen LogP contribution in [0, 0.1) is 0 Å². The zero-order valence-corrected chi connectivity index (χ0v) is 11.7. The zero-order chi connectivity index (χ0) is 14.6. The highest BCUT2D eigenvalue weighted by atomic mass is 16.5. The van der Waals surface area contributed by atoms with Crippen LogP contribution in [-0.2, 0) is 25.7 Å². The Morgan fingerprint density at radius 1 is 1.15 bits per heavy atom. The van der Waals surface area contributed by atoms with Gasteiger partial charge in [0.25, 0.3) is 0 Å². The molecule has 0 heterocycles. The van der Waals surface area contributed by atoms with Crippen molar-refractivity contribution in [2.24, 2.45) is 0 Å². The Morgan fingerprint density at radius 3 is 2.60 bits per heavy atom. The second kappa shape index (κ2) is 9.78. The van der Waals surface area contributed by atoms with E-state index in [1.54, 1.807) is 13.0 Å². The maximum atomic E-state index is 11.5. The maximum absolute atomic E-state index is 11.5. The van der Waals surface area contributed by atoms with Crippen molar-refractivity contribution in [1.82, 2.24) is 0 Å². The van der Waals surface area contributed by atoms with Gasteiger partial charge in [0.15, 0.2) is 0 Å². The summed E-state index contributed by atoms with van der Waals surface area (Å²) in [6.45, 7) is 2.43. The Balaban J connectivity index is 2.10. The molecule has 4 heteroatoms. The second-order valence-corrected chi connectivity index (χ2v) is 4.19. The van der Waals surface area contributed by atoms with E-state index in [9.17, 15) is 9.59 Å². The largest absolute Gasteiger partial charge is 0.463 e. The van der Waals surface area contributed by atoms with E-state index in [1.165, 1.54) is 6.08 Å². The molecule has 1 rings (SSSR count). The van der Waals surface area contributed by atoms with Gasteiger partial charge in [-0.3, -0.25) is 4.79 Å². The molecule has 0 aromatic heterocycles. The summed E-state index contributed by atoms with van der Waals surface area (Å²) in [5.74, 6) is -0.572. The Hall–Kier alpha value is -2.10. The van der Waals surface area contributed by atoms with Gasteiger partial charge in [-0.25, -0.2) is 4.79 Å². The molecule has 1 aromatic carbocycles. The van der Waals surface area contributed by atoms with Crippen molar-refractivity contribution in [2.75, 3.05) is 6.61 Å². The van der Waals surface area contributed by atoms with Gasteiger partial charge in [0.2, 0.25) is 0 Å². The highest BCUT2D eigenvalue weighted by molar-refractivity contribution is 5.81. The summed E-state index contributed by atoms with van der Waals surface area (Å²) in [6.07, 6.45) is 4.75. The molecule has 108 valence electrons. The van der Waals surface area contributed by atoms with Crippen molar-refractivity contribution in [3.05, 3.63) is 48.0 Å². The fourth-order valence-electron chi connectivity index (χ4n) is 1.54. The first-order valence-corrected chi connectivity index (χ1v) is 6.75. The summed E-state index contributed by atoms with van der Waals surface area (Å²) in [4.78, 5) is 22.5. The van der Waals surface area contributed by atoms with Crippen LogP contribution in [0.1, 0.15) is 31.7 Å². The lowest BCUT2D eigenvalue weighted by molar-refractivity contribution is -0.145. The first-order valence-electron chi connectivity index (χ1n) is 6.75. The molecule has 0 N–H and O–H groups in total. The predicted octanol–water partition coefficient (Wildman–Crippen LogP) is 3.02. The SMILES string of the molecule is CCOC(=O)/C=C/CCCC(=O)OCc1ccccc1. The van der Waals surface area contributed by atoms with Crippen molar-refractivity contribution in [3.8, 4) is 0 Å². The van der Waals surface area contributed by atoms with Crippen molar-refractivity contribution in [2.45, 2.75) is 32.8 Å². The van der Waals surface area contributed by atoms with Crippen molar-refractivity contribution in [1.29, 1.82) is 0 Å². The lowest BCUT2D eigenvalue weighted by Crippen LogP contribution is -2.04. The Labute approximate surface area is 119 Å². The van der Waals surface area contributed by atoms with E-state index in [4.69, 9.17) is 9.47 Å². The standard InChI is InChI=1S/C16H20O4/c1-2-19-15(17)11-7-4-8-12-16(18)20-13-14-9-5-3-6-10-14/h3,5-7,9-11H,2,4,8,12-13H2,1H3/b11-7+. The summed E-state index contributed by atoms with van der Waals surface area (Å²) >= 11 is 0. The number of carbonyl (C=O) groups is 2. The third-order valence-electron chi connectivity index (χ3n) is 2.53. The second-order valence-electron chi connectivity index (χ2n) is 4.19. The Bertz CT molecular complexity index is 437. The van der Waals surface area contributed by atoms with Crippen LogP contribution in [-0.4, -0.2) is 18.5 Å². The topological polar surface area (TPSA) is 52.6 Å². The molecule has 0 saturated carbocycles. The molecule has 0 bridgehead atoms. The number of hydrogen-bond donors (Lipinski definition) is 0. The van der Waals surface area contributed by atoms with Gasteiger partial charge in [0, 0.05) is 12.5 Å². The molecule has 0 unspecified atom stereocenters. The van der Waals surface area contributed by atoms with Gasteiger partial charge >= 0.3 is 11.9 Å². The highest BCUT2D eigenvalue weighted by Crippen LogP contribution is 2.04. The number of hydrogen-bond acceptors (Lipinski definition) is 4. The molecular formula is C16H20O4. The molecule has 0 aliphatic carbocycles. The minimum absolute atomic E-state index is 0.224.